The second-order valence-electron chi connectivity index (χ2n) is 6.98. The average Bonchev–Trinajstić information content (AvgIpc) is 3.29. The van der Waals surface area contributed by atoms with E-state index < -0.39 is 0 Å². The highest BCUT2D eigenvalue weighted by Crippen LogP contribution is 2.39. The Bertz CT molecular complexity index is 478. The molecule has 0 aromatic carbocycles. The molecule has 0 aliphatic heterocycles. The van der Waals surface area contributed by atoms with Crippen molar-refractivity contribution in [3.63, 3.8) is 0 Å². The van der Waals surface area contributed by atoms with Crippen LogP contribution in [0, 0.1) is 12.3 Å². The second-order valence-corrected chi connectivity index (χ2v) is 6.98. The molecule has 0 atom stereocenters. The van der Waals surface area contributed by atoms with Crippen molar-refractivity contribution in [2.24, 2.45) is 5.41 Å². The summed E-state index contributed by atoms with van der Waals surface area (Å²) in [6, 6.07) is 0. The van der Waals surface area contributed by atoms with Crippen molar-refractivity contribution in [2.75, 3.05) is 23.7 Å². The van der Waals surface area contributed by atoms with E-state index in [4.69, 9.17) is 9.97 Å². The van der Waals surface area contributed by atoms with Gasteiger partial charge in [0.15, 0.2) is 0 Å². The summed E-state index contributed by atoms with van der Waals surface area (Å²) in [5.41, 5.74) is 1.42. The lowest BCUT2D eigenvalue weighted by Crippen LogP contribution is -2.23. The maximum absolute atomic E-state index is 4.78. The molecule has 1 fully saturated rings. The van der Waals surface area contributed by atoms with E-state index in [1.807, 2.05) is 0 Å². The van der Waals surface area contributed by atoms with E-state index >= 15 is 0 Å². The van der Waals surface area contributed by atoms with Gasteiger partial charge in [0.2, 0.25) is 0 Å². The smallest absolute Gasteiger partial charge is 0.136 e. The number of aromatic nitrogens is 2. The molecule has 1 heterocycles. The largest absolute Gasteiger partial charge is 0.370 e. The van der Waals surface area contributed by atoms with Gasteiger partial charge in [0, 0.05) is 24.6 Å². The standard InChI is InChI=1S/C17H30N4/c1-6-10-18-14-12(3)15(19-11-17(4,5)7-2)21-16(20-14)13-8-9-13/h13H,6-11H2,1-5H3,(H2,18,19,20,21). The summed E-state index contributed by atoms with van der Waals surface area (Å²) in [5.74, 6) is 3.60. The van der Waals surface area contributed by atoms with Gasteiger partial charge >= 0.3 is 0 Å². The summed E-state index contributed by atoms with van der Waals surface area (Å²) < 4.78 is 0. The van der Waals surface area contributed by atoms with Gasteiger partial charge in [-0.15, -0.1) is 0 Å². The fourth-order valence-electron chi connectivity index (χ4n) is 2.09. The van der Waals surface area contributed by atoms with E-state index in [0.29, 0.717) is 5.92 Å². The van der Waals surface area contributed by atoms with Crippen LogP contribution in [-0.4, -0.2) is 23.1 Å². The van der Waals surface area contributed by atoms with Crippen LogP contribution in [0.5, 0.6) is 0 Å². The summed E-state index contributed by atoms with van der Waals surface area (Å²) >= 11 is 0. The highest BCUT2D eigenvalue weighted by atomic mass is 15.1. The molecule has 2 rings (SSSR count). The average molecular weight is 290 g/mol. The second kappa shape index (κ2) is 6.63. The molecule has 0 bridgehead atoms. The van der Waals surface area contributed by atoms with E-state index in [-0.39, 0.29) is 5.41 Å². The Morgan fingerprint density at radius 3 is 2.24 bits per heavy atom. The fraction of sp³-hybridized carbons (Fsp3) is 0.765. The third-order valence-corrected chi connectivity index (χ3v) is 4.34. The first-order chi connectivity index (χ1) is 9.96. The van der Waals surface area contributed by atoms with Gasteiger partial charge in [0.1, 0.15) is 17.5 Å². The monoisotopic (exact) mass is 290 g/mol. The Morgan fingerprint density at radius 1 is 1.10 bits per heavy atom. The van der Waals surface area contributed by atoms with Gasteiger partial charge in [-0.1, -0.05) is 27.7 Å². The SMILES string of the molecule is CCCNc1nc(C2CC2)nc(NCC(C)(C)CC)c1C. The van der Waals surface area contributed by atoms with Crippen LogP contribution >= 0.6 is 0 Å². The van der Waals surface area contributed by atoms with E-state index in [1.165, 1.54) is 12.8 Å². The van der Waals surface area contributed by atoms with Crippen LogP contribution in [0.25, 0.3) is 0 Å². The van der Waals surface area contributed by atoms with Gasteiger partial charge in [0.05, 0.1) is 0 Å². The quantitative estimate of drug-likeness (QED) is 0.748. The molecular weight excluding hydrogens is 260 g/mol. The van der Waals surface area contributed by atoms with Crippen molar-refractivity contribution in [1.29, 1.82) is 0 Å². The van der Waals surface area contributed by atoms with E-state index in [0.717, 1.165) is 49.0 Å². The van der Waals surface area contributed by atoms with Crippen molar-refractivity contribution in [1.82, 2.24) is 9.97 Å². The zero-order chi connectivity index (χ0) is 15.5. The van der Waals surface area contributed by atoms with E-state index in [9.17, 15) is 0 Å². The Kier molecular flexibility index (Phi) is 5.07. The molecule has 1 saturated carbocycles. The number of anilines is 2. The maximum atomic E-state index is 4.78. The van der Waals surface area contributed by atoms with Crippen molar-refractivity contribution in [3.8, 4) is 0 Å². The molecule has 4 nitrogen and oxygen atoms in total. The van der Waals surface area contributed by atoms with Gasteiger partial charge < -0.3 is 10.6 Å². The minimum Gasteiger partial charge on any atom is -0.370 e. The Morgan fingerprint density at radius 2 is 1.71 bits per heavy atom. The number of hydrogen-bond donors (Lipinski definition) is 2. The van der Waals surface area contributed by atoms with Gasteiger partial charge in [-0.3, -0.25) is 0 Å². The van der Waals surface area contributed by atoms with E-state index in [1.54, 1.807) is 0 Å². The van der Waals surface area contributed by atoms with Gasteiger partial charge in [-0.2, -0.15) is 0 Å². The molecule has 118 valence electrons. The van der Waals surface area contributed by atoms with Gasteiger partial charge in [0.25, 0.3) is 0 Å². The first-order valence-electron chi connectivity index (χ1n) is 8.33. The molecule has 1 aromatic heterocycles. The van der Waals surface area contributed by atoms with Crippen LogP contribution < -0.4 is 10.6 Å². The number of nitrogens with zero attached hydrogens (tertiary/aromatic N) is 2. The lowest BCUT2D eigenvalue weighted by molar-refractivity contribution is 0.376. The lowest BCUT2D eigenvalue weighted by atomic mass is 9.90. The van der Waals surface area contributed by atoms with E-state index in [2.05, 4.69) is 45.3 Å². The lowest BCUT2D eigenvalue weighted by Gasteiger charge is -2.24. The molecule has 21 heavy (non-hydrogen) atoms. The summed E-state index contributed by atoms with van der Waals surface area (Å²) in [6.45, 7) is 13.0. The molecule has 0 saturated heterocycles. The van der Waals surface area contributed by atoms with Gasteiger partial charge in [-0.05, 0) is 38.0 Å². The molecule has 0 radical (unpaired) electrons. The van der Waals surface area contributed by atoms with Crippen LogP contribution in [0.4, 0.5) is 11.6 Å². The third kappa shape index (κ3) is 4.32. The van der Waals surface area contributed by atoms with Crippen molar-refractivity contribution in [3.05, 3.63) is 11.4 Å². The van der Waals surface area contributed by atoms with Crippen molar-refractivity contribution >= 4 is 11.6 Å². The molecule has 4 heteroatoms. The summed E-state index contributed by atoms with van der Waals surface area (Å²) in [7, 11) is 0. The number of nitrogens with one attached hydrogen (secondary N) is 2. The normalized spacial score (nSPS) is 15.1. The van der Waals surface area contributed by atoms with Crippen molar-refractivity contribution in [2.45, 2.75) is 66.2 Å². The molecule has 0 amide bonds. The highest BCUT2D eigenvalue weighted by molar-refractivity contribution is 5.57. The minimum absolute atomic E-state index is 0.286. The maximum Gasteiger partial charge on any atom is 0.136 e. The summed E-state index contributed by atoms with van der Waals surface area (Å²) in [4.78, 5) is 9.51. The molecule has 1 aromatic rings. The number of rotatable bonds is 8. The molecular formula is C17H30N4. The van der Waals surface area contributed by atoms with Crippen LogP contribution in [0.15, 0.2) is 0 Å². The Hall–Kier alpha value is -1.32. The number of hydrogen-bond acceptors (Lipinski definition) is 4. The first-order valence-corrected chi connectivity index (χ1v) is 8.33. The third-order valence-electron chi connectivity index (χ3n) is 4.34. The van der Waals surface area contributed by atoms with Crippen LogP contribution in [0.3, 0.4) is 0 Å². The van der Waals surface area contributed by atoms with Gasteiger partial charge in [-0.25, -0.2) is 9.97 Å². The zero-order valence-electron chi connectivity index (χ0n) is 14.2. The summed E-state index contributed by atoms with van der Waals surface area (Å²) in [6.07, 6.45) is 4.72. The minimum atomic E-state index is 0.286. The first kappa shape index (κ1) is 16.1. The topological polar surface area (TPSA) is 49.8 Å². The predicted molar refractivity (Wildman–Crippen MR) is 90.1 cm³/mol. The highest BCUT2D eigenvalue weighted by Gasteiger charge is 2.28. The molecule has 2 N–H and O–H groups in total. The van der Waals surface area contributed by atoms with Crippen LogP contribution in [0.2, 0.25) is 0 Å². The van der Waals surface area contributed by atoms with Crippen molar-refractivity contribution < 1.29 is 0 Å². The van der Waals surface area contributed by atoms with Crippen LogP contribution in [-0.2, 0) is 0 Å². The molecule has 1 aliphatic rings. The van der Waals surface area contributed by atoms with Crippen LogP contribution in [0.1, 0.15) is 70.7 Å². The predicted octanol–water partition coefficient (Wildman–Crippen LogP) is 4.33. The fourth-order valence-corrected chi connectivity index (χ4v) is 2.09. The Labute approximate surface area is 129 Å². The Balaban J connectivity index is 2.19. The summed E-state index contributed by atoms with van der Waals surface area (Å²) in [5, 5.41) is 7.00. The molecule has 1 aliphatic carbocycles. The molecule has 0 unspecified atom stereocenters. The zero-order valence-corrected chi connectivity index (χ0v) is 14.2. The molecule has 0 spiro atoms.